The van der Waals surface area contributed by atoms with E-state index in [-0.39, 0.29) is 6.03 Å². The number of carbonyl (C=O) groups is 1. The average molecular weight is 299 g/mol. The zero-order valence-corrected chi connectivity index (χ0v) is 14.4. The molecule has 0 saturated carbocycles. The molecule has 0 aromatic carbocycles. The molecule has 0 bridgehead atoms. The molecule has 5 nitrogen and oxygen atoms in total. The van der Waals surface area contributed by atoms with E-state index in [2.05, 4.69) is 24.1 Å². The van der Waals surface area contributed by atoms with Crippen LogP contribution in [0.3, 0.4) is 0 Å². The topological polar surface area (TPSA) is 55.8 Å². The van der Waals surface area contributed by atoms with Crippen LogP contribution in [0.15, 0.2) is 0 Å². The van der Waals surface area contributed by atoms with E-state index in [1.165, 1.54) is 19.3 Å². The first kappa shape index (κ1) is 18.2. The van der Waals surface area contributed by atoms with Gasteiger partial charge in [0.15, 0.2) is 0 Å². The number of urea groups is 1. The van der Waals surface area contributed by atoms with Crippen molar-refractivity contribution in [2.45, 2.75) is 71.6 Å². The molecule has 1 rings (SSSR count). The highest BCUT2D eigenvalue weighted by Gasteiger charge is 2.25. The summed E-state index contributed by atoms with van der Waals surface area (Å²) in [4.78, 5) is 16.3. The second-order valence-electron chi connectivity index (χ2n) is 6.94. The van der Waals surface area contributed by atoms with Crippen LogP contribution in [0.4, 0.5) is 4.79 Å². The lowest BCUT2D eigenvalue weighted by atomic mass is 10.0. The monoisotopic (exact) mass is 299 g/mol. The molecule has 1 fully saturated rings. The van der Waals surface area contributed by atoms with Crippen LogP contribution >= 0.6 is 0 Å². The number of likely N-dealkylation sites (tertiary alicyclic amines) is 1. The van der Waals surface area contributed by atoms with Crippen LogP contribution in [-0.2, 0) is 0 Å². The van der Waals surface area contributed by atoms with Crippen LogP contribution in [0.2, 0.25) is 0 Å². The first-order valence-corrected chi connectivity index (χ1v) is 8.25. The van der Waals surface area contributed by atoms with Gasteiger partial charge in [0.05, 0.1) is 12.1 Å². The summed E-state index contributed by atoms with van der Waals surface area (Å²) in [5.41, 5.74) is -0.861. The number of nitrogens with one attached hydrogen (secondary N) is 1. The van der Waals surface area contributed by atoms with Gasteiger partial charge in [0.2, 0.25) is 0 Å². The van der Waals surface area contributed by atoms with Gasteiger partial charge in [-0.2, -0.15) is 0 Å². The van der Waals surface area contributed by atoms with Gasteiger partial charge in [0, 0.05) is 25.2 Å². The summed E-state index contributed by atoms with van der Waals surface area (Å²) < 4.78 is 0. The first-order chi connectivity index (χ1) is 9.74. The van der Waals surface area contributed by atoms with E-state index in [1.54, 1.807) is 18.7 Å². The van der Waals surface area contributed by atoms with Gasteiger partial charge in [-0.15, -0.1) is 0 Å². The van der Waals surface area contributed by atoms with E-state index >= 15 is 0 Å². The maximum Gasteiger partial charge on any atom is 0.317 e. The summed E-state index contributed by atoms with van der Waals surface area (Å²) in [7, 11) is 0. The number of likely N-dealkylation sites (N-methyl/N-ethyl adjacent to an activating group) is 1. The molecule has 1 aliphatic rings. The predicted molar refractivity (Wildman–Crippen MR) is 86.4 cm³/mol. The van der Waals surface area contributed by atoms with Crippen molar-refractivity contribution in [2.24, 2.45) is 0 Å². The number of nitrogens with zero attached hydrogens (tertiary/aromatic N) is 2. The number of rotatable bonds is 6. The average Bonchev–Trinajstić information content (AvgIpc) is 2.41. The zero-order chi connectivity index (χ0) is 16.0. The van der Waals surface area contributed by atoms with Gasteiger partial charge in [-0.1, -0.05) is 6.42 Å². The number of piperidine rings is 1. The molecule has 0 aromatic rings. The van der Waals surface area contributed by atoms with Crippen molar-refractivity contribution in [3.8, 4) is 0 Å². The third kappa shape index (κ3) is 6.22. The minimum atomic E-state index is -0.861. The van der Waals surface area contributed by atoms with Crippen molar-refractivity contribution >= 4 is 6.03 Å². The summed E-state index contributed by atoms with van der Waals surface area (Å²) in [5.74, 6) is 0. The minimum Gasteiger partial charge on any atom is -0.389 e. The molecular weight excluding hydrogens is 266 g/mol. The Hall–Kier alpha value is -0.810. The molecule has 0 unspecified atom stereocenters. The Balaban J connectivity index is 2.43. The number of hydrogen-bond acceptors (Lipinski definition) is 3. The maximum absolute atomic E-state index is 12.2. The fraction of sp³-hybridized carbons (Fsp3) is 0.938. The molecule has 1 heterocycles. The molecule has 2 N–H and O–H groups in total. The van der Waals surface area contributed by atoms with Crippen molar-refractivity contribution in [1.29, 1.82) is 0 Å². The van der Waals surface area contributed by atoms with E-state index in [0.717, 1.165) is 6.54 Å². The second kappa shape index (κ2) is 7.99. The normalized spacial score (nSPS) is 21.9. The van der Waals surface area contributed by atoms with Gasteiger partial charge in [-0.05, 0) is 54.0 Å². The van der Waals surface area contributed by atoms with Crippen LogP contribution in [0.1, 0.15) is 53.9 Å². The van der Waals surface area contributed by atoms with Crippen LogP contribution in [0, 0.1) is 0 Å². The predicted octanol–water partition coefficient (Wildman–Crippen LogP) is 2.05. The van der Waals surface area contributed by atoms with Crippen molar-refractivity contribution in [1.82, 2.24) is 15.1 Å². The smallest absolute Gasteiger partial charge is 0.317 e. The highest BCUT2D eigenvalue weighted by Crippen LogP contribution is 2.18. The number of hydrogen-bond donors (Lipinski definition) is 2. The molecule has 1 aliphatic heterocycles. The van der Waals surface area contributed by atoms with Gasteiger partial charge >= 0.3 is 6.03 Å². The summed E-state index contributed by atoms with van der Waals surface area (Å²) in [5, 5.41) is 12.9. The minimum absolute atomic E-state index is 0.0869. The highest BCUT2D eigenvalue weighted by molar-refractivity contribution is 5.74. The Morgan fingerprint density at radius 2 is 2.14 bits per heavy atom. The number of carbonyl (C=O) groups excluding carboxylic acids is 1. The largest absolute Gasteiger partial charge is 0.389 e. The molecular formula is C16H33N3O2. The van der Waals surface area contributed by atoms with Crippen LogP contribution in [0.5, 0.6) is 0 Å². The molecule has 124 valence electrons. The van der Waals surface area contributed by atoms with Gasteiger partial charge in [0.25, 0.3) is 0 Å². The molecule has 2 atom stereocenters. The van der Waals surface area contributed by atoms with Gasteiger partial charge in [0.1, 0.15) is 0 Å². The summed E-state index contributed by atoms with van der Waals surface area (Å²) in [6, 6.07) is 0.866. The number of aliphatic hydroxyl groups is 1. The Bertz CT molecular complexity index is 328. The quantitative estimate of drug-likeness (QED) is 0.789. The van der Waals surface area contributed by atoms with Crippen LogP contribution < -0.4 is 5.32 Å². The van der Waals surface area contributed by atoms with Crippen molar-refractivity contribution < 1.29 is 9.90 Å². The lowest BCUT2D eigenvalue weighted by Crippen LogP contribution is -2.52. The molecule has 0 spiro atoms. The summed E-state index contributed by atoms with van der Waals surface area (Å²) in [6.45, 7) is 12.6. The fourth-order valence-corrected chi connectivity index (χ4v) is 3.03. The van der Waals surface area contributed by atoms with E-state index in [9.17, 15) is 9.90 Å². The molecule has 2 amide bonds. The van der Waals surface area contributed by atoms with Gasteiger partial charge in [-0.25, -0.2) is 4.79 Å². The molecule has 21 heavy (non-hydrogen) atoms. The number of amides is 2. The molecule has 0 radical (unpaired) electrons. The van der Waals surface area contributed by atoms with Gasteiger partial charge in [-0.3, -0.25) is 4.90 Å². The van der Waals surface area contributed by atoms with E-state index < -0.39 is 5.60 Å². The Labute approximate surface area is 129 Å². The lowest BCUT2D eigenvalue weighted by molar-refractivity contribution is 0.0473. The van der Waals surface area contributed by atoms with Crippen LogP contribution in [-0.4, -0.2) is 64.8 Å². The third-order valence-corrected chi connectivity index (χ3v) is 4.22. The Kier molecular flexibility index (Phi) is 6.94. The molecule has 0 aromatic heterocycles. The van der Waals surface area contributed by atoms with E-state index in [4.69, 9.17) is 0 Å². The Morgan fingerprint density at radius 1 is 1.48 bits per heavy atom. The second-order valence-corrected chi connectivity index (χ2v) is 6.94. The lowest BCUT2D eigenvalue weighted by Gasteiger charge is -2.38. The molecule has 0 aliphatic carbocycles. The van der Waals surface area contributed by atoms with Crippen molar-refractivity contribution in [2.75, 3.05) is 26.2 Å². The van der Waals surface area contributed by atoms with E-state index in [0.29, 0.717) is 31.7 Å². The SMILES string of the molecule is CCN(CC(C)(C)O)C(=O)NC[C@@H](C)N1CCCC[C@H]1C. The standard InChI is InChI=1S/C16H33N3O2/c1-6-18(12-16(4,5)21)15(20)17-11-14(3)19-10-8-7-9-13(19)2/h13-14,21H,6-12H2,1-5H3,(H,17,20)/t13-,14-/m1/s1. The summed E-state index contributed by atoms with van der Waals surface area (Å²) in [6.07, 6.45) is 3.81. The summed E-state index contributed by atoms with van der Waals surface area (Å²) >= 11 is 0. The highest BCUT2D eigenvalue weighted by atomic mass is 16.3. The maximum atomic E-state index is 12.2. The van der Waals surface area contributed by atoms with Crippen LogP contribution in [0.25, 0.3) is 0 Å². The molecule has 1 saturated heterocycles. The first-order valence-electron chi connectivity index (χ1n) is 8.25. The van der Waals surface area contributed by atoms with Gasteiger partial charge < -0.3 is 15.3 Å². The van der Waals surface area contributed by atoms with E-state index in [1.807, 2.05) is 6.92 Å². The zero-order valence-electron chi connectivity index (χ0n) is 14.4. The van der Waals surface area contributed by atoms with Crippen molar-refractivity contribution in [3.63, 3.8) is 0 Å². The third-order valence-electron chi connectivity index (χ3n) is 4.22. The molecule has 5 heteroatoms. The Morgan fingerprint density at radius 3 is 2.67 bits per heavy atom. The fourth-order valence-electron chi connectivity index (χ4n) is 3.03. The van der Waals surface area contributed by atoms with Crippen molar-refractivity contribution in [3.05, 3.63) is 0 Å².